The second kappa shape index (κ2) is 5.21. The van der Waals surface area contributed by atoms with Gasteiger partial charge in [-0.3, -0.25) is 0 Å². The molecule has 0 aliphatic heterocycles. The Hall–Kier alpha value is -0.223. The van der Waals surface area contributed by atoms with Crippen molar-refractivity contribution in [3.8, 4) is 0 Å². The van der Waals surface area contributed by atoms with Gasteiger partial charge >= 0.3 is 34.4 Å². The van der Waals surface area contributed by atoms with Gasteiger partial charge in [0.15, 0.2) is 29.1 Å². The molecule has 2 radical (unpaired) electrons. The van der Waals surface area contributed by atoms with Crippen molar-refractivity contribution in [3.63, 3.8) is 0 Å². The van der Waals surface area contributed by atoms with E-state index >= 15 is 0 Å². The van der Waals surface area contributed by atoms with Crippen molar-refractivity contribution >= 4 is 39.9 Å². The van der Waals surface area contributed by atoms with E-state index in [1.807, 2.05) is 0 Å². The summed E-state index contributed by atoms with van der Waals surface area (Å²) in [5.74, 6) is -11.3. The molecule has 1 rings (SSSR count). The molecule has 2 nitrogen and oxygen atoms in total. The zero-order valence-corrected chi connectivity index (χ0v) is 12.6. The number of rotatable bonds is 1. The number of halogens is 5. The summed E-state index contributed by atoms with van der Waals surface area (Å²) in [5.41, 5.74) is -1.67. The fourth-order valence-corrected chi connectivity index (χ4v) is 0.849. The first-order valence-electron chi connectivity index (χ1n) is 3.25. The van der Waals surface area contributed by atoms with Crippen LogP contribution >= 0.6 is 0 Å². The van der Waals surface area contributed by atoms with Crippen LogP contribution in [0.25, 0.3) is 0 Å². The van der Waals surface area contributed by atoms with Crippen LogP contribution in [0.4, 0.5) is 22.0 Å². The molecule has 0 unspecified atom stereocenters. The van der Waals surface area contributed by atoms with Crippen LogP contribution in [0.5, 0.6) is 0 Å². The zero-order valence-electron chi connectivity index (χ0n) is 7.07. The predicted molar refractivity (Wildman–Crippen MR) is 44.6 cm³/mol. The molecule has 1 aromatic carbocycles. The second-order valence-electron chi connectivity index (χ2n) is 2.36. The van der Waals surface area contributed by atoms with Gasteiger partial charge in [0.1, 0.15) is 0 Å². The third kappa shape index (κ3) is 2.48. The van der Waals surface area contributed by atoms with E-state index < -0.39 is 41.7 Å². The van der Waals surface area contributed by atoms with Crippen LogP contribution in [0.1, 0.15) is 0 Å². The van der Waals surface area contributed by atoms with Crippen LogP contribution in [0, 0.1) is 29.1 Å². The van der Waals surface area contributed by atoms with E-state index in [0.29, 0.717) is 0 Å². The summed E-state index contributed by atoms with van der Waals surface area (Å²) in [6.07, 6.45) is 0. The van der Waals surface area contributed by atoms with Crippen LogP contribution in [0.3, 0.4) is 0 Å². The molecule has 0 aliphatic carbocycles. The van der Waals surface area contributed by atoms with Gasteiger partial charge in [-0.2, -0.15) is 0 Å². The summed E-state index contributed by atoms with van der Waals surface area (Å²) in [5, 5.41) is 16.7. The maximum absolute atomic E-state index is 12.6. The van der Waals surface area contributed by atoms with E-state index in [0.717, 1.165) is 0 Å². The average molecular weight is 421 g/mol. The summed E-state index contributed by atoms with van der Waals surface area (Å²) in [6, 6.07) is 0. The fourth-order valence-electron chi connectivity index (χ4n) is 0.849. The van der Waals surface area contributed by atoms with E-state index in [-0.39, 0.29) is 27.3 Å². The summed E-state index contributed by atoms with van der Waals surface area (Å²) < 4.78 is 62.4. The summed E-state index contributed by atoms with van der Waals surface area (Å²) in [4.78, 5) is 0. The van der Waals surface area contributed by atoms with Crippen LogP contribution in [0.15, 0.2) is 0 Å². The molecule has 0 amide bonds. The van der Waals surface area contributed by atoms with Gasteiger partial charge < -0.3 is 10.0 Å². The SMILES string of the molecule is OB(O)c1c(F)c(F)c(F)c(F)c1F.[PbH2]. The van der Waals surface area contributed by atoms with Crippen molar-refractivity contribution in [2.45, 2.75) is 0 Å². The van der Waals surface area contributed by atoms with Gasteiger partial charge in [0.25, 0.3) is 0 Å². The Bertz CT molecular complexity index is 357. The molecule has 0 saturated carbocycles. The Labute approximate surface area is 101 Å². The van der Waals surface area contributed by atoms with E-state index in [1.54, 1.807) is 0 Å². The molecule has 0 aromatic heterocycles. The van der Waals surface area contributed by atoms with Gasteiger partial charge in [0.05, 0.1) is 5.46 Å². The van der Waals surface area contributed by atoms with E-state index in [9.17, 15) is 22.0 Å². The quantitative estimate of drug-likeness (QED) is 0.269. The fraction of sp³-hybridized carbons (Fsp3) is 0. The van der Waals surface area contributed by atoms with E-state index in [1.165, 1.54) is 0 Å². The van der Waals surface area contributed by atoms with Crippen LogP contribution in [-0.2, 0) is 0 Å². The summed E-state index contributed by atoms with van der Waals surface area (Å²) in [7, 11) is -2.76. The average Bonchev–Trinajstić information content (AvgIpc) is 2.11. The van der Waals surface area contributed by atoms with Crippen LogP contribution in [0.2, 0.25) is 0 Å². The Kier molecular flexibility index (Phi) is 5.13. The Morgan fingerprint density at radius 1 is 0.667 bits per heavy atom. The second-order valence-corrected chi connectivity index (χ2v) is 2.36. The van der Waals surface area contributed by atoms with Crippen molar-refractivity contribution in [3.05, 3.63) is 29.1 Å². The van der Waals surface area contributed by atoms with Crippen molar-refractivity contribution < 1.29 is 32.0 Å². The predicted octanol–water partition coefficient (Wildman–Crippen LogP) is -0.854. The van der Waals surface area contributed by atoms with Gasteiger partial charge in [0, 0.05) is 0 Å². The normalized spacial score (nSPS) is 9.80. The van der Waals surface area contributed by atoms with Gasteiger partial charge in [-0.1, -0.05) is 0 Å². The first-order chi connectivity index (χ1) is 6.37. The van der Waals surface area contributed by atoms with Gasteiger partial charge in [-0.25, -0.2) is 22.0 Å². The van der Waals surface area contributed by atoms with Crippen molar-refractivity contribution in [2.75, 3.05) is 0 Å². The Balaban J connectivity index is 0.00000196. The molecule has 0 spiro atoms. The van der Waals surface area contributed by atoms with E-state index in [2.05, 4.69) is 0 Å². The molecule has 1 aromatic rings. The van der Waals surface area contributed by atoms with Crippen molar-refractivity contribution in [1.82, 2.24) is 0 Å². The van der Waals surface area contributed by atoms with Crippen molar-refractivity contribution in [2.24, 2.45) is 0 Å². The number of benzene rings is 1. The molecule has 9 heteroatoms. The molecule has 0 aliphatic rings. The first kappa shape index (κ1) is 14.8. The molecular weight excluding hydrogens is 417 g/mol. The number of hydrogen-bond donors (Lipinski definition) is 2. The third-order valence-corrected chi connectivity index (χ3v) is 1.50. The topological polar surface area (TPSA) is 40.5 Å². The Morgan fingerprint density at radius 3 is 1.20 bits per heavy atom. The molecule has 0 heterocycles. The molecule has 15 heavy (non-hydrogen) atoms. The molecular formula is C6H4BF5O2Pb. The molecule has 0 atom stereocenters. The van der Waals surface area contributed by atoms with Gasteiger partial charge in [-0.05, 0) is 0 Å². The van der Waals surface area contributed by atoms with Crippen LogP contribution < -0.4 is 5.46 Å². The molecule has 82 valence electrons. The summed E-state index contributed by atoms with van der Waals surface area (Å²) >= 11 is 0. The van der Waals surface area contributed by atoms with Gasteiger partial charge in [-0.15, -0.1) is 0 Å². The molecule has 0 bridgehead atoms. The van der Waals surface area contributed by atoms with E-state index in [4.69, 9.17) is 10.0 Å². The first-order valence-corrected chi connectivity index (χ1v) is 3.25. The molecule has 2 N–H and O–H groups in total. The maximum atomic E-state index is 12.6. The molecule has 0 saturated heterocycles. The zero-order chi connectivity index (χ0) is 11.0. The van der Waals surface area contributed by atoms with Crippen LogP contribution in [-0.4, -0.2) is 44.5 Å². The number of hydrogen-bond acceptors (Lipinski definition) is 2. The standard InChI is InChI=1S/C6H2BF5O2.Pb.2H/c8-2-1(7(13)14)3(9)5(11)6(12)4(2)10;;;/h13-14H;;;. The third-order valence-electron chi connectivity index (χ3n) is 1.50. The van der Waals surface area contributed by atoms with Crippen molar-refractivity contribution in [1.29, 1.82) is 0 Å². The summed E-state index contributed by atoms with van der Waals surface area (Å²) in [6.45, 7) is 0. The van der Waals surface area contributed by atoms with Gasteiger partial charge in [0.2, 0.25) is 0 Å². The monoisotopic (exact) mass is 422 g/mol. The molecule has 0 fully saturated rings. The Morgan fingerprint density at radius 2 is 0.933 bits per heavy atom. The minimum absolute atomic E-state index is 0. The minimum atomic E-state index is -2.76.